The van der Waals surface area contributed by atoms with Crippen LogP contribution in [-0.2, 0) is 0 Å². The van der Waals surface area contributed by atoms with Crippen molar-refractivity contribution < 1.29 is 0 Å². The number of hydrogen-bond donors (Lipinski definition) is 0. The molecule has 0 bridgehead atoms. The van der Waals surface area contributed by atoms with Crippen LogP contribution in [0.15, 0.2) is 58.4 Å². The molecule has 0 heterocycles. The average Bonchev–Trinajstić information content (AvgIpc) is 2.59. The zero-order valence-electron chi connectivity index (χ0n) is 9.61. The fraction of sp³-hybridized carbons (Fsp3) is 0.333. The van der Waals surface area contributed by atoms with Crippen molar-refractivity contribution in [2.24, 2.45) is 0 Å². The van der Waals surface area contributed by atoms with Crippen LogP contribution in [0.1, 0.15) is 32.1 Å². The van der Waals surface area contributed by atoms with Gasteiger partial charge in [-0.2, -0.15) is 0 Å². The van der Waals surface area contributed by atoms with E-state index in [-0.39, 0.29) is 0 Å². The Bertz CT molecular complexity index is 376. The van der Waals surface area contributed by atoms with E-state index in [2.05, 4.69) is 43.0 Å². The Morgan fingerprint density at radius 2 is 1.88 bits per heavy atom. The van der Waals surface area contributed by atoms with Crippen LogP contribution in [0.25, 0.3) is 0 Å². The van der Waals surface area contributed by atoms with Crippen molar-refractivity contribution in [1.29, 1.82) is 0 Å². The largest absolute Gasteiger partial charge is 0.0905 e. The van der Waals surface area contributed by atoms with Gasteiger partial charge in [-0.1, -0.05) is 49.0 Å². The number of hydrogen-bond acceptors (Lipinski definition) is 1. The maximum atomic E-state index is 4.21. The summed E-state index contributed by atoms with van der Waals surface area (Å²) in [5.74, 6) is 0. The van der Waals surface area contributed by atoms with E-state index in [4.69, 9.17) is 0 Å². The molecule has 1 aliphatic carbocycles. The minimum atomic E-state index is 1.21. The molecule has 0 unspecified atom stereocenters. The van der Waals surface area contributed by atoms with Crippen LogP contribution < -0.4 is 0 Å². The highest BCUT2D eigenvalue weighted by molar-refractivity contribution is 8.03. The molecule has 0 fully saturated rings. The topological polar surface area (TPSA) is 0 Å². The molecule has 1 heteroatoms. The standard InChI is InChI=1S/C15H18S/c1-13(14-9-5-2-3-6-10-14)16-15-11-7-4-8-12-15/h4,7-9,11-12H,1-3,5-6,10H2. The van der Waals surface area contributed by atoms with Crippen LogP contribution in [0, 0.1) is 0 Å². The van der Waals surface area contributed by atoms with Gasteiger partial charge in [0.25, 0.3) is 0 Å². The van der Waals surface area contributed by atoms with E-state index in [1.807, 2.05) is 0 Å². The van der Waals surface area contributed by atoms with E-state index in [0.717, 1.165) is 0 Å². The van der Waals surface area contributed by atoms with Crippen molar-refractivity contribution >= 4 is 11.8 Å². The molecule has 0 saturated carbocycles. The third kappa shape index (κ3) is 3.28. The number of benzene rings is 1. The second-order valence-electron chi connectivity index (χ2n) is 4.17. The highest BCUT2D eigenvalue weighted by Gasteiger charge is 2.07. The van der Waals surface area contributed by atoms with Gasteiger partial charge in [0, 0.05) is 9.80 Å². The quantitative estimate of drug-likeness (QED) is 0.644. The summed E-state index contributed by atoms with van der Waals surface area (Å²) in [6.45, 7) is 4.21. The summed E-state index contributed by atoms with van der Waals surface area (Å²) >= 11 is 1.80. The lowest BCUT2D eigenvalue weighted by Gasteiger charge is -2.08. The second kappa shape index (κ2) is 5.95. The summed E-state index contributed by atoms with van der Waals surface area (Å²) in [7, 11) is 0. The third-order valence-corrected chi connectivity index (χ3v) is 3.90. The molecule has 0 aromatic heterocycles. The highest BCUT2D eigenvalue weighted by Crippen LogP contribution is 2.34. The lowest BCUT2D eigenvalue weighted by atomic mass is 10.1. The van der Waals surface area contributed by atoms with Gasteiger partial charge < -0.3 is 0 Å². The first-order valence-corrected chi connectivity index (χ1v) is 6.79. The van der Waals surface area contributed by atoms with E-state index >= 15 is 0 Å². The van der Waals surface area contributed by atoms with Gasteiger partial charge in [-0.15, -0.1) is 0 Å². The fourth-order valence-electron chi connectivity index (χ4n) is 1.96. The van der Waals surface area contributed by atoms with E-state index in [1.165, 1.54) is 47.5 Å². The van der Waals surface area contributed by atoms with E-state index < -0.39 is 0 Å². The first-order chi connectivity index (χ1) is 7.86. The number of thioether (sulfide) groups is 1. The molecule has 84 valence electrons. The average molecular weight is 230 g/mol. The summed E-state index contributed by atoms with van der Waals surface area (Å²) in [5, 5.41) is 0. The maximum absolute atomic E-state index is 4.21. The molecule has 0 saturated heterocycles. The van der Waals surface area contributed by atoms with E-state index in [9.17, 15) is 0 Å². The van der Waals surface area contributed by atoms with Crippen LogP contribution in [0.4, 0.5) is 0 Å². The summed E-state index contributed by atoms with van der Waals surface area (Å²) in [6.07, 6.45) is 8.84. The molecule has 0 amide bonds. The van der Waals surface area contributed by atoms with Crippen LogP contribution in [-0.4, -0.2) is 0 Å². The van der Waals surface area contributed by atoms with Crippen molar-refractivity contribution in [2.75, 3.05) is 0 Å². The zero-order chi connectivity index (χ0) is 11.2. The Kier molecular flexibility index (Phi) is 4.29. The summed E-state index contributed by atoms with van der Waals surface area (Å²) in [6, 6.07) is 10.5. The molecule has 1 aromatic rings. The number of rotatable bonds is 3. The van der Waals surface area contributed by atoms with Gasteiger partial charge in [0.15, 0.2) is 0 Å². The Morgan fingerprint density at radius 1 is 1.06 bits per heavy atom. The Morgan fingerprint density at radius 3 is 2.69 bits per heavy atom. The maximum Gasteiger partial charge on any atom is 0.0122 e. The Hall–Kier alpha value is -0.950. The first-order valence-electron chi connectivity index (χ1n) is 5.97. The summed E-state index contributed by atoms with van der Waals surface area (Å²) in [5.41, 5.74) is 1.46. The minimum Gasteiger partial charge on any atom is -0.0905 e. The molecule has 0 spiro atoms. The van der Waals surface area contributed by atoms with Gasteiger partial charge in [0.05, 0.1) is 0 Å². The Labute approximate surface area is 102 Å². The molecule has 16 heavy (non-hydrogen) atoms. The van der Waals surface area contributed by atoms with E-state index in [1.54, 1.807) is 11.8 Å². The summed E-state index contributed by atoms with van der Waals surface area (Å²) < 4.78 is 0. The van der Waals surface area contributed by atoms with Crippen molar-refractivity contribution in [3.63, 3.8) is 0 Å². The van der Waals surface area contributed by atoms with Crippen LogP contribution in [0.2, 0.25) is 0 Å². The van der Waals surface area contributed by atoms with Crippen molar-refractivity contribution in [1.82, 2.24) is 0 Å². The van der Waals surface area contributed by atoms with Crippen molar-refractivity contribution in [3.8, 4) is 0 Å². The smallest absolute Gasteiger partial charge is 0.0122 e. The molecule has 0 radical (unpaired) electrons. The lowest BCUT2D eigenvalue weighted by molar-refractivity contribution is 0.713. The zero-order valence-corrected chi connectivity index (χ0v) is 10.4. The van der Waals surface area contributed by atoms with Gasteiger partial charge in [0.1, 0.15) is 0 Å². The monoisotopic (exact) mass is 230 g/mol. The Balaban J connectivity index is 2.00. The van der Waals surface area contributed by atoms with Crippen molar-refractivity contribution in [2.45, 2.75) is 37.0 Å². The van der Waals surface area contributed by atoms with Crippen LogP contribution in [0.5, 0.6) is 0 Å². The summed E-state index contributed by atoms with van der Waals surface area (Å²) in [4.78, 5) is 2.52. The number of allylic oxidation sites excluding steroid dienone is 2. The highest BCUT2D eigenvalue weighted by atomic mass is 32.2. The molecule has 0 N–H and O–H groups in total. The van der Waals surface area contributed by atoms with E-state index in [0.29, 0.717) is 0 Å². The molecule has 0 atom stereocenters. The van der Waals surface area contributed by atoms with Crippen molar-refractivity contribution in [3.05, 3.63) is 53.5 Å². The molecular weight excluding hydrogens is 212 g/mol. The SMILES string of the molecule is C=C(Sc1ccccc1)C1=CCCCCC1. The molecule has 0 aliphatic heterocycles. The van der Waals surface area contributed by atoms with Gasteiger partial charge in [-0.05, 0) is 43.4 Å². The molecular formula is C15H18S. The predicted octanol–water partition coefficient (Wildman–Crippen LogP) is 5.18. The fourth-order valence-corrected chi connectivity index (χ4v) is 2.86. The van der Waals surface area contributed by atoms with Crippen LogP contribution in [0.3, 0.4) is 0 Å². The van der Waals surface area contributed by atoms with Crippen LogP contribution >= 0.6 is 11.8 Å². The molecule has 1 aromatic carbocycles. The lowest BCUT2D eigenvalue weighted by Crippen LogP contribution is -1.84. The van der Waals surface area contributed by atoms with Gasteiger partial charge in [-0.25, -0.2) is 0 Å². The second-order valence-corrected chi connectivity index (χ2v) is 5.34. The molecule has 0 nitrogen and oxygen atoms in total. The first kappa shape index (κ1) is 11.5. The molecule has 2 rings (SSSR count). The predicted molar refractivity (Wildman–Crippen MR) is 72.6 cm³/mol. The van der Waals surface area contributed by atoms with Gasteiger partial charge in [0.2, 0.25) is 0 Å². The minimum absolute atomic E-state index is 1.21. The third-order valence-electron chi connectivity index (χ3n) is 2.88. The van der Waals surface area contributed by atoms with Gasteiger partial charge >= 0.3 is 0 Å². The molecule has 1 aliphatic rings. The van der Waals surface area contributed by atoms with Gasteiger partial charge in [-0.3, -0.25) is 0 Å². The normalized spacial score (nSPS) is 16.4.